The summed E-state index contributed by atoms with van der Waals surface area (Å²) in [7, 11) is 0. The molecule has 1 aliphatic carbocycles. The van der Waals surface area contributed by atoms with Crippen molar-refractivity contribution in [2.45, 2.75) is 38.0 Å². The first-order valence-corrected chi connectivity index (χ1v) is 7.69. The van der Waals surface area contributed by atoms with Crippen LogP contribution < -0.4 is 5.32 Å². The van der Waals surface area contributed by atoms with Crippen LogP contribution in [0.5, 0.6) is 0 Å². The molecule has 0 bridgehead atoms. The second kappa shape index (κ2) is 5.58. The molecule has 0 unspecified atom stereocenters. The summed E-state index contributed by atoms with van der Waals surface area (Å²) < 4.78 is 0. The second-order valence-electron chi connectivity index (χ2n) is 6.15. The Labute approximate surface area is 135 Å². The van der Waals surface area contributed by atoms with E-state index in [0.717, 1.165) is 29.9 Å². The number of nitrogens with zero attached hydrogens (tertiary/aromatic N) is 3. The van der Waals surface area contributed by atoms with Crippen molar-refractivity contribution in [3.8, 4) is 6.07 Å². The molecule has 22 heavy (non-hydrogen) atoms. The lowest BCUT2D eigenvalue weighted by Crippen LogP contribution is -2.13. The molecule has 1 fully saturated rings. The molecule has 4 nitrogen and oxygen atoms in total. The van der Waals surface area contributed by atoms with Crippen LogP contribution in [0.15, 0.2) is 30.3 Å². The number of nitrogens with one attached hydrogen (secondary N) is 1. The van der Waals surface area contributed by atoms with Crippen molar-refractivity contribution in [1.29, 1.82) is 5.26 Å². The molecule has 1 aromatic carbocycles. The van der Waals surface area contributed by atoms with E-state index in [-0.39, 0.29) is 0 Å². The predicted molar refractivity (Wildman–Crippen MR) is 87.4 cm³/mol. The zero-order valence-electron chi connectivity index (χ0n) is 12.6. The Bertz CT molecular complexity index is 727. The van der Waals surface area contributed by atoms with Gasteiger partial charge < -0.3 is 5.32 Å². The average Bonchev–Trinajstić information content (AvgIpc) is 3.32. The van der Waals surface area contributed by atoms with E-state index in [1.165, 1.54) is 0 Å². The van der Waals surface area contributed by atoms with E-state index in [2.05, 4.69) is 21.4 Å². The van der Waals surface area contributed by atoms with Gasteiger partial charge in [0.25, 0.3) is 0 Å². The maximum Gasteiger partial charge on any atom is 0.135 e. The Hall–Kier alpha value is -2.12. The molecule has 0 amide bonds. The van der Waals surface area contributed by atoms with Crippen LogP contribution >= 0.6 is 11.6 Å². The van der Waals surface area contributed by atoms with Crippen LogP contribution in [0.4, 0.5) is 11.5 Å². The number of hydrogen-bond acceptors (Lipinski definition) is 4. The Morgan fingerprint density at radius 3 is 2.50 bits per heavy atom. The fraction of sp³-hybridized carbons (Fsp3) is 0.353. The molecule has 2 aromatic rings. The fourth-order valence-electron chi connectivity index (χ4n) is 2.21. The number of nitriles is 1. The normalized spacial score (nSPS) is 14.5. The van der Waals surface area contributed by atoms with Crippen molar-refractivity contribution >= 4 is 23.1 Å². The molecule has 1 heterocycles. The van der Waals surface area contributed by atoms with Gasteiger partial charge in [-0.05, 0) is 44.4 Å². The first kappa shape index (κ1) is 14.8. The third kappa shape index (κ3) is 3.20. The SMILES string of the molecule is CC(C)(C#N)c1ccc(Nc2cc(Cl)nc(C3CC3)n2)cc1. The first-order valence-electron chi connectivity index (χ1n) is 7.31. The Kier molecular flexibility index (Phi) is 3.76. The van der Waals surface area contributed by atoms with E-state index in [4.69, 9.17) is 11.6 Å². The van der Waals surface area contributed by atoms with Gasteiger partial charge in [0.1, 0.15) is 16.8 Å². The highest BCUT2D eigenvalue weighted by molar-refractivity contribution is 6.29. The summed E-state index contributed by atoms with van der Waals surface area (Å²) in [6.07, 6.45) is 2.27. The summed E-state index contributed by atoms with van der Waals surface area (Å²) in [5.41, 5.74) is 1.41. The molecule has 1 aromatic heterocycles. The molecule has 0 atom stereocenters. The maximum atomic E-state index is 9.17. The lowest BCUT2D eigenvalue weighted by Gasteiger charge is -2.16. The highest BCUT2D eigenvalue weighted by atomic mass is 35.5. The monoisotopic (exact) mass is 312 g/mol. The number of rotatable bonds is 4. The molecule has 0 spiro atoms. The minimum atomic E-state index is -0.490. The Morgan fingerprint density at radius 1 is 1.23 bits per heavy atom. The van der Waals surface area contributed by atoms with Gasteiger partial charge in [0, 0.05) is 17.7 Å². The van der Waals surface area contributed by atoms with Gasteiger partial charge >= 0.3 is 0 Å². The zero-order chi connectivity index (χ0) is 15.7. The topological polar surface area (TPSA) is 61.6 Å². The summed E-state index contributed by atoms with van der Waals surface area (Å²) in [5.74, 6) is 1.98. The van der Waals surface area contributed by atoms with Gasteiger partial charge in [-0.2, -0.15) is 5.26 Å². The van der Waals surface area contributed by atoms with E-state index in [1.807, 2.05) is 38.1 Å². The Balaban J connectivity index is 1.80. The van der Waals surface area contributed by atoms with Gasteiger partial charge in [-0.15, -0.1) is 0 Å². The first-order chi connectivity index (χ1) is 10.5. The van der Waals surface area contributed by atoms with E-state index < -0.39 is 5.41 Å². The molecular weight excluding hydrogens is 296 g/mol. The maximum absolute atomic E-state index is 9.17. The fourth-order valence-corrected chi connectivity index (χ4v) is 2.40. The van der Waals surface area contributed by atoms with E-state index in [9.17, 15) is 5.26 Å². The standard InChI is InChI=1S/C17H17ClN4/c1-17(2,10-19)12-5-7-13(8-6-12)20-15-9-14(18)21-16(22-15)11-3-4-11/h5-9,11H,3-4H2,1-2H3,(H,20,21,22). The molecule has 1 saturated carbocycles. The molecule has 1 aliphatic rings. The van der Waals surface area contributed by atoms with Crippen molar-refractivity contribution in [2.75, 3.05) is 5.32 Å². The molecule has 112 valence electrons. The van der Waals surface area contributed by atoms with E-state index in [1.54, 1.807) is 6.07 Å². The van der Waals surface area contributed by atoms with Crippen LogP contribution in [0.1, 0.15) is 44.0 Å². The molecule has 0 saturated heterocycles. The van der Waals surface area contributed by atoms with Crippen molar-refractivity contribution in [2.24, 2.45) is 0 Å². The van der Waals surface area contributed by atoms with Gasteiger partial charge in [0.05, 0.1) is 11.5 Å². The third-order valence-corrected chi connectivity index (χ3v) is 4.01. The smallest absolute Gasteiger partial charge is 0.135 e. The van der Waals surface area contributed by atoms with Crippen LogP contribution in [0.25, 0.3) is 0 Å². The average molecular weight is 313 g/mol. The lowest BCUT2D eigenvalue weighted by molar-refractivity contribution is 0.687. The van der Waals surface area contributed by atoms with Crippen molar-refractivity contribution in [3.63, 3.8) is 0 Å². The van der Waals surface area contributed by atoms with Crippen molar-refractivity contribution in [1.82, 2.24) is 9.97 Å². The zero-order valence-corrected chi connectivity index (χ0v) is 13.4. The predicted octanol–water partition coefficient (Wildman–Crippen LogP) is 4.55. The van der Waals surface area contributed by atoms with E-state index >= 15 is 0 Å². The second-order valence-corrected chi connectivity index (χ2v) is 6.53. The number of anilines is 2. The molecule has 1 N–H and O–H groups in total. The van der Waals surface area contributed by atoms with Crippen LogP contribution in [0.3, 0.4) is 0 Å². The van der Waals surface area contributed by atoms with Crippen LogP contribution in [-0.4, -0.2) is 9.97 Å². The van der Waals surface area contributed by atoms with Gasteiger partial charge in [-0.25, -0.2) is 9.97 Å². The summed E-state index contributed by atoms with van der Waals surface area (Å²) in [6, 6.07) is 11.8. The quantitative estimate of drug-likeness (QED) is 0.841. The van der Waals surface area contributed by atoms with E-state index in [0.29, 0.717) is 16.9 Å². The molecule has 5 heteroatoms. The molecule has 3 rings (SSSR count). The largest absolute Gasteiger partial charge is 0.340 e. The van der Waals surface area contributed by atoms with Crippen molar-refractivity contribution < 1.29 is 0 Å². The van der Waals surface area contributed by atoms with Gasteiger partial charge in [-0.1, -0.05) is 23.7 Å². The number of aromatic nitrogens is 2. The molecular formula is C17H17ClN4. The number of halogens is 1. The minimum Gasteiger partial charge on any atom is -0.340 e. The van der Waals surface area contributed by atoms with Crippen LogP contribution in [0.2, 0.25) is 5.15 Å². The van der Waals surface area contributed by atoms with Gasteiger partial charge in [0.15, 0.2) is 0 Å². The van der Waals surface area contributed by atoms with Gasteiger partial charge in [-0.3, -0.25) is 0 Å². The summed E-state index contributed by atoms with van der Waals surface area (Å²) >= 11 is 6.06. The number of benzene rings is 1. The van der Waals surface area contributed by atoms with Crippen LogP contribution in [-0.2, 0) is 5.41 Å². The van der Waals surface area contributed by atoms with Crippen LogP contribution in [0, 0.1) is 11.3 Å². The highest BCUT2D eigenvalue weighted by Gasteiger charge is 2.27. The minimum absolute atomic E-state index is 0.457. The van der Waals surface area contributed by atoms with Gasteiger partial charge in [0.2, 0.25) is 0 Å². The lowest BCUT2D eigenvalue weighted by atomic mass is 9.86. The van der Waals surface area contributed by atoms with Crippen molar-refractivity contribution in [3.05, 3.63) is 46.9 Å². The summed E-state index contributed by atoms with van der Waals surface area (Å²) in [6.45, 7) is 3.81. The third-order valence-electron chi connectivity index (χ3n) is 3.81. The molecule has 0 radical (unpaired) electrons. The highest BCUT2D eigenvalue weighted by Crippen LogP contribution is 2.39. The molecule has 0 aliphatic heterocycles. The number of hydrogen-bond donors (Lipinski definition) is 1. The Morgan fingerprint density at radius 2 is 1.91 bits per heavy atom. The summed E-state index contributed by atoms with van der Waals surface area (Å²) in [5, 5.41) is 12.9. The summed E-state index contributed by atoms with van der Waals surface area (Å²) in [4.78, 5) is 8.79.